The first kappa shape index (κ1) is 14.5. The Morgan fingerprint density at radius 1 is 1.21 bits per heavy atom. The third kappa shape index (κ3) is 3.58. The summed E-state index contributed by atoms with van der Waals surface area (Å²) in [6.07, 6.45) is 1.61. The summed E-state index contributed by atoms with van der Waals surface area (Å²) >= 11 is 0. The van der Waals surface area contributed by atoms with Crippen molar-refractivity contribution >= 4 is 0 Å². The second kappa shape index (κ2) is 5.64. The topological polar surface area (TPSA) is 29.5 Å². The molecule has 1 N–H and O–H groups in total. The first-order chi connectivity index (χ1) is 8.88. The van der Waals surface area contributed by atoms with Crippen LogP contribution in [0, 0.1) is 11.3 Å². The van der Waals surface area contributed by atoms with Gasteiger partial charge in [0.1, 0.15) is 0 Å². The van der Waals surface area contributed by atoms with Gasteiger partial charge in [0.2, 0.25) is 0 Å². The van der Waals surface area contributed by atoms with Crippen LogP contribution in [-0.4, -0.2) is 23.4 Å². The Morgan fingerprint density at radius 3 is 2.37 bits per heavy atom. The van der Waals surface area contributed by atoms with Gasteiger partial charge in [0.25, 0.3) is 0 Å². The Hall–Kier alpha value is -0.860. The molecule has 1 aromatic carbocycles. The molecule has 1 heterocycles. The maximum atomic E-state index is 10.5. The van der Waals surface area contributed by atoms with Gasteiger partial charge >= 0.3 is 0 Å². The van der Waals surface area contributed by atoms with Crippen molar-refractivity contribution in [3.8, 4) is 0 Å². The summed E-state index contributed by atoms with van der Waals surface area (Å²) in [4.78, 5) is 0. The van der Waals surface area contributed by atoms with Crippen LogP contribution in [0.1, 0.15) is 39.7 Å². The summed E-state index contributed by atoms with van der Waals surface area (Å²) in [5, 5.41) is 10.5. The fourth-order valence-corrected chi connectivity index (χ4v) is 2.87. The predicted octanol–water partition coefficient (Wildman–Crippen LogP) is 3.43. The Labute approximate surface area is 116 Å². The minimum absolute atomic E-state index is 0.0902. The van der Waals surface area contributed by atoms with Crippen molar-refractivity contribution in [2.75, 3.05) is 0 Å². The van der Waals surface area contributed by atoms with E-state index in [0.29, 0.717) is 0 Å². The Kier molecular flexibility index (Phi) is 4.32. The molecule has 1 fully saturated rings. The van der Waals surface area contributed by atoms with E-state index < -0.39 is 0 Å². The largest absolute Gasteiger partial charge is 0.393 e. The summed E-state index contributed by atoms with van der Waals surface area (Å²) in [5.74, 6) is 0.195. The lowest BCUT2D eigenvalue weighted by atomic mass is 9.78. The van der Waals surface area contributed by atoms with Crippen molar-refractivity contribution < 1.29 is 9.84 Å². The number of ether oxygens (including phenoxy) is 1. The molecule has 0 unspecified atom stereocenters. The van der Waals surface area contributed by atoms with Gasteiger partial charge in [0.05, 0.1) is 18.3 Å². The summed E-state index contributed by atoms with van der Waals surface area (Å²) in [6, 6.07) is 10.4. The number of aliphatic hydroxyl groups is 1. The Bertz CT molecular complexity index is 381. The molecule has 106 valence electrons. The van der Waals surface area contributed by atoms with E-state index in [4.69, 9.17) is 4.74 Å². The highest BCUT2D eigenvalue weighted by Crippen LogP contribution is 2.36. The zero-order valence-electron chi connectivity index (χ0n) is 12.5. The van der Waals surface area contributed by atoms with Crippen molar-refractivity contribution in [2.24, 2.45) is 11.3 Å². The van der Waals surface area contributed by atoms with Crippen LogP contribution in [-0.2, 0) is 11.2 Å². The zero-order chi connectivity index (χ0) is 14.0. The molecule has 4 atom stereocenters. The van der Waals surface area contributed by atoms with E-state index in [1.54, 1.807) is 0 Å². The van der Waals surface area contributed by atoms with Crippen LogP contribution in [0.25, 0.3) is 0 Å². The molecule has 2 nitrogen and oxygen atoms in total. The van der Waals surface area contributed by atoms with Gasteiger partial charge in [-0.25, -0.2) is 0 Å². The van der Waals surface area contributed by atoms with E-state index in [2.05, 4.69) is 39.8 Å². The maximum Gasteiger partial charge on any atom is 0.0651 e. The van der Waals surface area contributed by atoms with Gasteiger partial charge in [-0.05, 0) is 24.3 Å². The smallest absolute Gasteiger partial charge is 0.0651 e. The van der Waals surface area contributed by atoms with Crippen LogP contribution in [0.3, 0.4) is 0 Å². The average molecular weight is 262 g/mol. The molecule has 0 bridgehead atoms. The molecular weight excluding hydrogens is 236 g/mol. The number of hydrogen-bond donors (Lipinski definition) is 1. The minimum Gasteiger partial charge on any atom is -0.393 e. The number of hydrogen-bond acceptors (Lipinski definition) is 2. The van der Waals surface area contributed by atoms with E-state index in [-0.39, 0.29) is 29.6 Å². The number of aliphatic hydroxyl groups excluding tert-OH is 1. The summed E-state index contributed by atoms with van der Waals surface area (Å²) in [7, 11) is 0. The van der Waals surface area contributed by atoms with Crippen LogP contribution in [0.2, 0.25) is 0 Å². The van der Waals surface area contributed by atoms with E-state index in [1.807, 2.05) is 18.2 Å². The fraction of sp³-hybridized carbons (Fsp3) is 0.647. The standard InChI is InChI=1S/C17H26O2/c1-12-14(10-13-8-6-5-7-9-13)15(18)11-16(19-12)17(2,3)4/h5-9,12,14-16,18H,10-11H2,1-4H3/t12-,14-,15+,16-/m0/s1. The molecule has 0 aromatic heterocycles. The lowest BCUT2D eigenvalue weighted by Crippen LogP contribution is -2.48. The normalized spacial score (nSPS) is 32.3. The lowest BCUT2D eigenvalue weighted by molar-refractivity contribution is -0.160. The van der Waals surface area contributed by atoms with Crippen LogP contribution >= 0.6 is 0 Å². The Balaban J connectivity index is 2.04. The molecule has 1 aliphatic heterocycles. The lowest BCUT2D eigenvalue weighted by Gasteiger charge is -2.43. The first-order valence-electron chi connectivity index (χ1n) is 7.25. The van der Waals surface area contributed by atoms with Crippen molar-refractivity contribution in [3.63, 3.8) is 0 Å². The van der Waals surface area contributed by atoms with Gasteiger partial charge in [0.15, 0.2) is 0 Å². The fourth-order valence-electron chi connectivity index (χ4n) is 2.87. The van der Waals surface area contributed by atoms with Crippen molar-refractivity contribution in [3.05, 3.63) is 35.9 Å². The second-order valence-corrected chi connectivity index (χ2v) is 6.85. The summed E-state index contributed by atoms with van der Waals surface area (Å²) in [5.41, 5.74) is 1.36. The van der Waals surface area contributed by atoms with Crippen LogP contribution in [0.15, 0.2) is 30.3 Å². The quantitative estimate of drug-likeness (QED) is 0.885. The van der Waals surface area contributed by atoms with E-state index in [0.717, 1.165) is 12.8 Å². The van der Waals surface area contributed by atoms with Crippen molar-refractivity contribution in [2.45, 2.75) is 58.8 Å². The van der Waals surface area contributed by atoms with Gasteiger partial charge in [-0.15, -0.1) is 0 Å². The Morgan fingerprint density at radius 2 is 1.84 bits per heavy atom. The molecule has 0 saturated carbocycles. The summed E-state index contributed by atoms with van der Waals surface area (Å²) < 4.78 is 6.15. The molecule has 19 heavy (non-hydrogen) atoms. The van der Waals surface area contributed by atoms with Gasteiger partial charge in [-0.1, -0.05) is 51.1 Å². The first-order valence-corrected chi connectivity index (χ1v) is 7.25. The van der Waals surface area contributed by atoms with Crippen LogP contribution in [0.5, 0.6) is 0 Å². The molecule has 0 amide bonds. The van der Waals surface area contributed by atoms with Gasteiger partial charge in [-0.3, -0.25) is 0 Å². The predicted molar refractivity (Wildman–Crippen MR) is 78.0 cm³/mol. The van der Waals surface area contributed by atoms with Gasteiger partial charge < -0.3 is 9.84 Å². The number of benzene rings is 1. The van der Waals surface area contributed by atoms with Crippen LogP contribution in [0.4, 0.5) is 0 Å². The number of rotatable bonds is 2. The van der Waals surface area contributed by atoms with Gasteiger partial charge in [-0.2, -0.15) is 0 Å². The molecular formula is C17H26O2. The highest BCUT2D eigenvalue weighted by molar-refractivity contribution is 5.16. The molecule has 2 rings (SSSR count). The van der Waals surface area contributed by atoms with E-state index >= 15 is 0 Å². The van der Waals surface area contributed by atoms with Crippen molar-refractivity contribution in [1.29, 1.82) is 0 Å². The minimum atomic E-state index is -0.270. The molecule has 1 saturated heterocycles. The molecule has 2 heteroatoms. The zero-order valence-corrected chi connectivity index (χ0v) is 12.5. The molecule has 1 aromatic rings. The van der Waals surface area contributed by atoms with E-state index in [1.165, 1.54) is 5.56 Å². The molecule has 1 aliphatic rings. The average Bonchev–Trinajstić information content (AvgIpc) is 2.33. The van der Waals surface area contributed by atoms with Crippen molar-refractivity contribution in [1.82, 2.24) is 0 Å². The summed E-state index contributed by atoms with van der Waals surface area (Å²) in [6.45, 7) is 8.62. The SMILES string of the molecule is C[C@@H]1O[C@H](C(C)(C)C)C[C@@H](O)[C@H]1Cc1ccccc1. The third-order valence-electron chi connectivity index (χ3n) is 4.21. The van der Waals surface area contributed by atoms with Crippen LogP contribution < -0.4 is 0 Å². The highest BCUT2D eigenvalue weighted by Gasteiger charge is 2.39. The highest BCUT2D eigenvalue weighted by atomic mass is 16.5. The second-order valence-electron chi connectivity index (χ2n) is 6.85. The molecule has 0 aliphatic carbocycles. The third-order valence-corrected chi connectivity index (χ3v) is 4.21. The molecule has 0 spiro atoms. The van der Waals surface area contributed by atoms with E-state index in [9.17, 15) is 5.11 Å². The monoisotopic (exact) mass is 262 g/mol. The molecule has 0 radical (unpaired) electrons. The maximum absolute atomic E-state index is 10.5. The van der Waals surface area contributed by atoms with Gasteiger partial charge in [0, 0.05) is 12.3 Å².